The number of amides is 1. The molecule has 1 fully saturated rings. The smallest absolute Gasteiger partial charge is 0.337 e. The van der Waals surface area contributed by atoms with Crippen LogP contribution in [-0.4, -0.2) is 53.3 Å². The molecule has 0 unspecified atom stereocenters. The number of nitrogens with zero attached hydrogens (tertiary/aromatic N) is 3. The van der Waals surface area contributed by atoms with E-state index >= 15 is 0 Å². The van der Waals surface area contributed by atoms with Gasteiger partial charge in [-0.1, -0.05) is 27.5 Å². The van der Waals surface area contributed by atoms with E-state index in [-0.39, 0.29) is 22.0 Å². The molecule has 1 saturated heterocycles. The summed E-state index contributed by atoms with van der Waals surface area (Å²) in [5, 5.41) is 11.9. The summed E-state index contributed by atoms with van der Waals surface area (Å²) in [5.74, 6) is -1.40. The van der Waals surface area contributed by atoms with Crippen molar-refractivity contribution in [3.8, 4) is 0 Å². The van der Waals surface area contributed by atoms with Gasteiger partial charge in [-0.05, 0) is 18.2 Å². The van der Waals surface area contributed by atoms with Crippen LogP contribution in [0.4, 0.5) is 11.6 Å². The number of hydrogen-bond acceptors (Lipinski definition) is 6. The number of ether oxygens (including phenoxy) is 1. The summed E-state index contributed by atoms with van der Waals surface area (Å²) in [4.78, 5) is 34.3. The van der Waals surface area contributed by atoms with Gasteiger partial charge in [-0.3, -0.25) is 4.79 Å². The van der Waals surface area contributed by atoms with Crippen molar-refractivity contribution in [1.82, 2.24) is 9.97 Å². The zero-order valence-corrected chi connectivity index (χ0v) is 15.7. The Labute approximate surface area is 162 Å². The van der Waals surface area contributed by atoms with Crippen LogP contribution in [-0.2, 0) is 4.74 Å². The highest BCUT2D eigenvalue weighted by Gasteiger charge is 2.21. The Balaban J connectivity index is 1.87. The quantitative estimate of drug-likeness (QED) is 0.751. The minimum absolute atomic E-state index is 0.0255. The van der Waals surface area contributed by atoms with Crippen molar-refractivity contribution in [2.75, 3.05) is 36.5 Å². The summed E-state index contributed by atoms with van der Waals surface area (Å²) >= 11 is 9.28. The van der Waals surface area contributed by atoms with Crippen molar-refractivity contribution in [3.63, 3.8) is 0 Å². The third-order valence-corrected chi connectivity index (χ3v) is 4.47. The highest BCUT2D eigenvalue weighted by atomic mass is 79.9. The summed E-state index contributed by atoms with van der Waals surface area (Å²) in [6, 6.07) is 4.52. The second-order valence-electron chi connectivity index (χ2n) is 5.42. The van der Waals surface area contributed by atoms with E-state index in [0.717, 1.165) is 0 Å². The Hall–Kier alpha value is -2.23. The van der Waals surface area contributed by atoms with Gasteiger partial charge in [0.15, 0.2) is 5.69 Å². The van der Waals surface area contributed by atoms with E-state index in [0.29, 0.717) is 36.7 Å². The number of morpholine rings is 1. The number of aromatic carboxylic acids is 1. The van der Waals surface area contributed by atoms with Crippen molar-refractivity contribution in [3.05, 3.63) is 45.1 Å². The van der Waals surface area contributed by atoms with Gasteiger partial charge in [-0.25, -0.2) is 14.8 Å². The molecule has 0 bridgehead atoms. The second kappa shape index (κ2) is 7.98. The van der Waals surface area contributed by atoms with Crippen LogP contribution in [0.5, 0.6) is 0 Å². The predicted molar refractivity (Wildman–Crippen MR) is 99.1 cm³/mol. The number of rotatable bonds is 4. The molecule has 10 heteroatoms. The molecule has 0 radical (unpaired) electrons. The van der Waals surface area contributed by atoms with Crippen LogP contribution in [0.3, 0.4) is 0 Å². The van der Waals surface area contributed by atoms with E-state index in [1.165, 1.54) is 18.3 Å². The van der Waals surface area contributed by atoms with Crippen LogP contribution in [0, 0.1) is 0 Å². The molecule has 0 spiro atoms. The number of halogens is 2. The normalized spacial score (nSPS) is 14.2. The number of carbonyl (C=O) groups is 2. The molecule has 1 amide bonds. The first-order chi connectivity index (χ1) is 12.5. The Bertz CT molecular complexity index is 858. The molecule has 0 aliphatic carbocycles. The number of benzene rings is 1. The number of anilines is 2. The average molecular weight is 442 g/mol. The fourth-order valence-electron chi connectivity index (χ4n) is 2.42. The SMILES string of the molecule is O=C(O)c1cc(Br)ccc1NC(=O)c1nc(N2CCOCC2)ncc1Cl. The Morgan fingerprint density at radius 3 is 2.73 bits per heavy atom. The molecule has 2 heterocycles. The average Bonchev–Trinajstić information content (AvgIpc) is 2.64. The standard InChI is InChI=1S/C16H14BrClN4O4/c17-9-1-2-12(10(7-9)15(24)25)20-14(23)13-11(18)8-19-16(21-13)22-3-5-26-6-4-22/h1-2,7-8H,3-6H2,(H,20,23)(H,24,25). The zero-order valence-electron chi connectivity index (χ0n) is 13.4. The van der Waals surface area contributed by atoms with E-state index in [2.05, 4.69) is 31.2 Å². The maximum Gasteiger partial charge on any atom is 0.337 e. The molecule has 0 saturated carbocycles. The number of hydrogen-bond donors (Lipinski definition) is 2. The molecule has 3 rings (SSSR count). The van der Waals surface area contributed by atoms with Crippen LogP contribution in [0.1, 0.15) is 20.8 Å². The van der Waals surface area contributed by atoms with Gasteiger partial charge in [0.1, 0.15) is 0 Å². The lowest BCUT2D eigenvalue weighted by Crippen LogP contribution is -2.37. The molecule has 1 aromatic carbocycles. The highest BCUT2D eigenvalue weighted by Crippen LogP contribution is 2.23. The second-order valence-corrected chi connectivity index (χ2v) is 6.74. The van der Waals surface area contributed by atoms with Crippen LogP contribution < -0.4 is 10.2 Å². The molecule has 2 N–H and O–H groups in total. The highest BCUT2D eigenvalue weighted by molar-refractivity contribution is 9.10. The molecule has 2 aromatic rings. The van der Waals surface area contributed by atoms with Gasteiger partial charge in [0.2, 0.25) is 5.95 Å². The zero-order chi connectivity index (χ0) is 18.7. The first-order valence-electron chi connectivity index (χ1n) is 7.65. The van der Waals surface area contributed by atoms with Gasteiger partial charge < -0.3 is 20.1 Å². The number of aromatic nitrogens is 2. The summed E-state index contributed by atoms with van der Waals surface area (Å²) in [6.07, 6.45) is 1.36. The molecule has 1 aliphatic rings. The van der Waals surface area contributed by atoms with Crippen molar-refractivity contribution in [1.29, 1.82) is 0 Å². The first kappa shape index (κ1) is 18.6. The maximum absolute atomic E-state index is 12.6. The number of carbonyl (C=O) groups excluding carboxylic acids is 1. The molecule has 8 nitrogen and oxygen atoms in total. The van der Waals surface area contributed by atoms with Gasteiger partial charge in [-0.2, -0.15) is 0 Å². The minimum Gasteiger partial charge on any atom is -0.478 e. The van der Waals surface area contributed by atoms with Gasteiger partial charge in [0.25, 0.3) is 5.91 Å². The molecule has 136 valence electrons. The number of nitrogens with one attached hydrogen (secondary N) is 1. The fraction of sp³-hybridized carbons (Fsp3) is 0.250. The van der Waals surface area contributed by atoms with E-state index in [1.54, 1.807) is 6.07 Å². The van der Waals surface area contributed by atoms with Crippen LogP contribution in [0.25, 0.3) is 0 Å². The Kier molecular flexibility index (Phi) is 5.70. The largest absolute Gasteiger partial charge is 0.478 e. The van der Waals surface area contributed by atoms with E-state index in [4.69, 9.17) is 16.3 Å². The summed E-state index contributed by atoms with van der Waals surface area (Å²) < 4.78 is 5.87. The first-order valence-corrected chi connectivity index (χ1v) is 8.82. The molecule has 1 aromatic heterocycles. The van der Waals surface area contributed by atoms with Crippen molar-refractivity contribution in [2.45, 2.75) is 0 Å². The Morgan fingerprint density at radius 1 is 1.31 bits per heavy atom. The predicted octanol–water partition coefficient (Wildman–Crippen LogP) is 2.68. The third kappa shape index (κ3) is 4.12. The number of carboxylic acids is 1. The molecule has 0 atom stereocenters. The van der Waals surface area contributed by atoms with Crippen molar-refractivity contribution >= 4 is 51.0 Å². The van der Waals surface area contributed by atoms with Crippen LogP contribution in [0.2, 0.25) is 5.02 Å². The summed E-state index contributed by atoms with van der Waals surface area (Å²) in [6.45, 7) is 2.32. The summed E-state index contributed by atoms with van der Waals surface area (Å²) in [7, 11) is 0. The van der Waals surface area contributed by atoms with Crippen LogP contribution >= 0.6 is 27.5 Å². The van der Waals surface area contributed by atoms with Crippen molar-refractivity contribution in [2.24, 2.45) is 0 Å². The number of carboxylic acid groups (broad SMARTS) is 1. The monoisotopic (exact) mass is 440 g/mol. The van der Waals surface area contributed by atoms with Gasteiger partial charge in [-0.15, -0.1) is 0 Å². The lowest BCUT2D eigenvalue weighted by molar-refractivity contribution is 0.0698. The minimum atomic E-state index is -1.16. The molecular formula is C16H14BrClN4O4. The van der Waals surface area contributed by atoms with E-state index < -0.39 is 11.9 Å². The van der Waals surface area contributed by atoms with Gasteiger partial charge in [0, 0.05) is 17.6 Å². The third-order valence-electron chi connectivity index (χ3n) is 3.70. The molecule has 1 aliphatic heterocycles. The lowest BCUT2D eigenvalue weighted by atomic mass is 10.1. The summed E-state index contributed by atoms with van der Waals surface area (Å²) in [5.41, 5.74) is 0.0713. The van der Waals surface area contributed by atoms with Crippen molar-refractivity contribution < 1.29 is 19.4 Å². The maximum atomic E-state index is 12.6. The Morgan fingerprint density at radius 2 is 2.04 bits per heavy atom. The lowest BCUT2D eigenvalue weighted by Gasteiger charge is -2.26. The van der Waals surface area contributed by atoms with Gasteiger partial charge >= 0.3 is 5.97 Å². The van der Waals surface area contributed by atoms with E-state index in [1.807, 2.05) is 4.90 Å². The topological polar surface area (TPSA) is 105 Å². The molecule has 26 heavy (non-hydrogen) atoms. The van der Waals surface area contributed by atoms with Gasteiger partial charge in [0.05, 0.1) is 35.7 Å². The fourth-order valence-corrected chi connectivity index (χ4v) is 2.95. The van der Waals surface area contributed by atoms with E-state index in [9.17, 15) is 14.7 Å². The molecular weight excluding hydrogens is 428 g/mol. The van der Waals surface area contributed by atoms with Crippen LogP contribution in [0.15, 0.2) is 28.9 Å².